The topological polar surface area (TPSA) is 83.8 Å². The van der Waals surface area contributed by atoms with E-state index >= 15 is 0 Å². The summed E-state index contributed by atoms with van der Waals surface area (Å²) in [5.74, 6) is -2.56. The molecule has 2 unspecified atom stereocenters. The van der Waals surface area contributed by atoms with Crippen molar-refractivity contribution < 1.29 is 24.5 Å². The van der Waals surface area contributed by atoms with Gasteiger partial charge in [-0.25, -0.2) is 4.79 Å². The van der Waals surface area contributed by atoms with Crippen molar-refractivity contribution in [2.75, 3.05) is 6.61 Å². The molecule has 0 radical (unpaired) electrons. The van der Waals surface area contributed by atoms with E-state index in [1.165, 1.54) is 0 Å². The van der Waals surface area contributed by atoms with E-state index in [4.69, 9.17) is 27.9 Å². The molecule has 0 fully saturated rings. The molecule has 1 aliphatic rings. The zero-order valence-electron chi connectivity index (χ0n) is 16.8. The largest absolute Gasteiger partial charge is 0.494 e. The number of hydrogen-bond acceptors (Lipinski definition) is 3. The Balaban J connectivity index is 2.34. The fourth-order valence-corrected chi connectivity index (χ4v) is 4.20. The number of benzene rings is 1. The summed E-state index contributed by atoms with van der Waals surface area (Å²) in [4.78, 5) is 24.1. The Bertz CT molecular complexity index is 859. The van der Waals surface area contributed by atoms with Gasteiger partial charge in [0, 0.05) is 10.9 Å². The predicted molar refractivity (Wildman–Crippen MR) is 114 cm³/mol. The van der Waals surface area contributed by atoms with Gasteiger partial charge in [-0.3, -0.25) is 4.79 Å². The zero-order valence-corrected chi connectivity index (χ0v) is 18.3. The van der Waals surface area contributed by atoms with Crippen LogP contribution in [0, 0.1) is 11.3 Å². The molecular formula is C22H26Cl2O5. The van der Waals surface area contributed by atoms with Crippen molar-refractivity contribution in [1.29, 1.82) is 0 Å². The van der Waals surface area contributed by atoms with Gasteiger partial charge in [-0.2, -0.15) is 0 Å². The van der Waals surface area contributed by atoms with Crippen molar-refractivity contribution in [2.24, 2.45) is 11.3 Å². The van der Waals surface area contributed by atoms with E-state index in [2.05, 4.69) is 6.92 Å². The van der Waals surface area contributed by atoms with Gasteiger partial charge in [0.1, 0.15) is 5.75 Å². The molecule has 1 aromatic carbocycles. The summed E-state index contributed by atoms with van der Waals surface area (Å²) >= 11 is 12.6. The lowest BCUT2D eigenvalue weighted by Crippen LogP contribution is -2.42. The van der Waals surface area contributed by atoms with Crippen LogP contribution in [0.3, 0.4) is 0 Å². The van der Waals surface area contributed by atoms with E-state index in [-0.39, 0.29) is 17.0 Å². The Kier molecular flexibility index (Phi) is 7.78. The molecular weight excluding hydrogens is 415 g/mol. The number of unbranched alkanes of at least 4 members (excludes halogenated alkanes) is 2. The Labute approximate surface area is 181 Å². The van der Waals surface area contributed by atoms with E-state index in [0.717, 1.165) is 19.3 Å². The number of ether oxygens (including phenoxy) is 1. The molecule has 2 atom stereocenters. The van der Waals surface area contributed by atoms with Crippen LogP contribution in [0.2, 0.25) is 5.02 Å². The van der Waals surface area contributed by atoms with Gasteiger partial charge in [0.15, 0.2) is 0 Å². The number of rotatable bonds is 9. The Morgan fingerprint density at radius 1 is 1.21 bits per heavy atom. The normalized spacial score (nSPS) is 21.7. The third-order valence-electron chi connectivity index (χ3n) is 5.42. The number of allylic oxidation sites excluding steroid dienone is 2. The molecule has 2 rings (SSSR count). The fourth-order valence-electron chi connectivity index (χ4n) is 3.66. The van der Waals surface area contributed by atoms with Crippen molar-refractivity contribution >= 4 is 35.1 Å². The number of hydrogen-bond donors (Lipinski definition) is 2. The predicted octanol–water partition coefficient (Wildman–Crippen LogP) is 5.70. The van der Waals surface area contributed by atoms with E-state index in [1.54, 1.807) is 38.1 Å². The molecule has 29 heavy (non-hydrogen) atoms. The molecule has 5 nitrogen and oxygen atoms in total. The molecule has 0 saturated heterocycles. The third-order valence-corrected chi connectivity index (χ3v) is 6.27. The summed E-state index contributed by atoms with van der Waals surface area (Å²) in [5.41, 5.74) is -0.533. The lowest BCUT2D eigenvalue weighted by atomic mass is 9.65. The van der Waals surface area contributed by atoms with Crippen LogP contribution >= 0.6 is 23.2 Å². The minimum atomic E-state index is -1.47. The van der Waals surface area contributed by atoms with Gasteiger partial charge in [-0.15, -0.1) is 0 Å². The van der Waals surface area contributed by atoms with Crippen LogP contribution < -0.4 is 4.74 Å². The maximum Gasteiger partial charge on any atom is 0.333 e. The molecule has 158 valence electrons. The minimum Gasteiger partial charge on any atom is -0.494 e. The molecule has 2 N–H and O–H groups in total. The third kappa shape index (κ3) is 4.96. The number of carbonyl (C=O) groups is 2. The average molecular weight is 441 g/mol. The van der Waals surface area contributed by atoms with E-state index in [9.17, 15) is 19.8 Å². The molecule has 7 heteroatoms. The number of carboxylic acids is 2. The lowest BCUT2D eigenvalue weighted by molar-refractivity contribution is -0.148. The second-order valence-electron chi connectivity index (χ2n) is 7.41. The van der Waals surface area contributed by atoms with E-state index in [0.29, 0.717) is 28.5 Å². The SMILES string of the molecule is CCCCCOc1ccc(CC2(C(=O)O)C=C(C)C(Cl)=C(C(=O)O)C2C)c(Cl)c1. The summed E-state index contributed by atoms with van der Waals surface area (Å²) in [6.45, 7) is 5.89. The first-order chi connectivity index (χ1) is 13.6. The molecule has 0 bridgehead atoms. The minimum absolute atomic E-state index is 0.0384. The van der Waals surface area contributed by atoms with Crippen molar-refractivity contribution in [2.45, 2.75) is 46.5 Å². The molecule has 0 heterocycles. The fraction of sp³-hybridized carbons (Fsp3) is 0.455. The smallest absolute Gasteiger partial charge is 0.333 e. The van der Waals surface area contributed by atoms with E-state index < -0.39 is 23.3 Å². The van der Waals surface area contributed by atoms with Crippen molar-refractivity contribution in [3.8, 4) is 5.75 Å². The molecule has 0 aliphatic heterocycles. The lowest BCUT2D eigenvalue weighted by Gasteiger charge is -2.37. The highest BCUT2D eigenvalue weighted by atomic mass is 35.5. The Morgan fingerprint density at radius 3 is 2.45 bits per heavy atom. The first kappa shape index (κ1) is 23.3. The highest BCUT2D eigenvalue weighted by Crippen LogP contribution is 2.47. The quantitative estimate of drug-likeness (QED) is 0.481. The first-order valence-corrected chi connectivity index (χ1v) is 10.4. The van der Waals surface area contributed by atoms with Crippen LogP contribution in [-0.4, -0.2) is 28.8 Å². The van der Waals surface area contributed by atoms with Crippen molar-refractivity contribution in [1.82, 2.24) is 0 Å². The Morgan fingerprint density at radius 2 is 1.90 bits per heavy atom. The van der Waals surface area contributed by atoms with Crippen LogP contribution in [0.25, 0.3) is 0 Å². The van der Waals surface area contributed by atoms with Crippen LogP contribution in [0.4, 0.5) is 0 Å². The highest BCUT2D eigenvalue weighted by Gasteiger charge is 2.48. The number of halogens is 2. The molecule has 0 saturated carbocycles. The summed E-state index contributed by atoms with van der Waals surface area (Å²) < 4.78 is 5.69. The second-order valence-corrected chi connectivity index (χ2v) is 8.20. The van der Waals surface area contributed by atoms with Gasteiger partial charge >= 0.3 is 11.9 Å². The van der Waals surface area contributed by atoms with Crippen LogP contribution in [-0.2, 0) is 16.0 Å². The van der Waals surface area contributed by atoms with Gasteiger partial charge in [-0.05, 0) is 43.0 Å². The van der Waals surface area contributed by atoms with Gasteiger partial charge in [0.2, 0.25) is 0 Å². The molecule has 1 aromatic rings. The summed E-state index contributed by atoms with van der Waals surface area (Å²) in [5, 5.41) is 20.1. The molecule has 0 amide bonds. The first-order valence-electron chi connectivity index (χ1n) is 9.61. The van der Waals surface area contributed by atoms with E-state index in [1.807, 2.05) is 0 Å². The van der Waals surface area contributed by atoms with Crippen LogP contribution in [0.5, 0.6) is 5.75 Å². The Hall–Kier alpha value is -1.98. The standard InChI is InChI=1S/C22H26Cl2O5/c1-4-5-6-9-29-16-8-7-15(17(23)10-16)12-22(21(27)28)11-13(2)19(24)18(14(22)3)20(25)26/h7-8,10-11,14H,4-6,9,12H2,1-3H3,(H,25,26)(H,27,28). The highest BCUT2D eigenvalue weighted by molar-refractivity contribution is 6.34. The van der Waals surface area contributed by atoms with Gasteiger partial charge in [0.25, 0.3) is 0 Å². The maximum absolute atomic E-state index is 12.3. The van der Waals surface area contributed by atoms with Crippen molar-refractivity contribution in [3.05, 3.63) is 51.0 Å². The maximum atomic E-state index is 12.3. The molecule has 1 aliphatic carbocycles. The monoisotopic (exact) mass is 440 g/mol. The van der Waals surface area contributed by atoms with Crippen LogP contribution in [0.1, 0.15) is 45.6 Å². The number of aliphatic carboxylic acids is 2. The zero-order chi connectivity index (χ0) is 21.8. The molecule has 0 aromatic heterocycles. The second kappa shape index (κ2) is 9.68. The average Bonchev–Trinajstić information content (AvgIpc) is 2.65. The molecule has 0 spiro atoms. The van der Waals surface area contributed by atoms with Gasteiger partial charge in [-0.1, -0.05) is 62.0 Å². The van der Waals surface area contributed by atoms with Crippen LogP contribution in [0.15, 0.2) is 40.5 Å². The van der Waals surface area contributed by atoms with Gasteiger partial charge < -0.3 is 14.9 Å². The van der Waals surface area contributed by atoms with Gasteiger partial charge in [0.05, 0.1) is 22.6 Å². The van der Waals surface area contributed by atoms with Crippen molar-refractivity contribution in [3.63, 3.8) is 0 Å². The number of carboxylic acid groups (broad SMARTS) is 2. The summed E-state index contributed by atoms with van der Waals surface area (Å²) in [6, 6.07) is 5.16. The summed E-state index contributed by atoms with van der Waals surface area (Å²) in [6.07, 6.45) is 4.71. The summed E-state index contributed by atoms with van der Waals surface area (Å²) in [7, 11) is 0.